The van der Waals surface area contributed by atoms with Gasteiger partial charge in [-0.05, 0) is 46.3 Å². The van der Waals surface area contributed by atoms with Crippen LogP contribution in [0.4, 0.5) is 0 Å². The average molecular weight is 415 g/mol. The number of aliphatic hydroxyl groups is 1. The number of hydrogen-bond donors (Lipinski definition) is 1. The van der Waals surface area contributed by atoms with Crippen LogP contribution >= 0.6 is 0 Å². The lowest BCUT2D eigenvalue weighted by Gasteiger charge is -2.40. The van der Waals surface area contributed by atoms with Crippen LogP contribution in [0.25, 0.3) is 21.9 Å². The zero-order valence-electron chi connectivity index (χ0n) is 17.2. The normalized spacial score (nSPS) is 21.8. The molecule has 1 amide bonds. The van der Waals surface area contributed by atoms with Gasteiger partial charge in [0, 0.05) is 17.8 Å². The summed E-state index contributed by atoms with van der Waals surface area (Å²) >= 11 is 0. The van der Waals surface area contributed by atoms with Crippen molar-refractivity contribution in [3.8, 4) is 16.9 Å². The summed E-state index contributed by atoms with van der Waals surface area (Å²) in [5.74, 6) is 0.878. The van der Waals surface area contributed by atoms with Crippen molar-refractivity contribution in [2.45, 2.75) is 12.7 Å². The molecule has 31 heavy (non-hydrogen) atoms. The number of rotatable bonds is 5. The Hall–Kier alpha value is -3.42. The number of carbonyl (C=O) groups excluding carboxylic acids is 1. The molecule has 1 aromatic heterocycles. The lowest BCUT2D eigenvalue weighted by molar-refractivity contribution is -0.819. The van der Waals surface area contributed by atoms with Crippen LogP contribution in [0.1, 0.15) is 5.56 Å². The minimum Gasteiger partial charge on any atom is -0.486 e. The monoisotopic (exact) mass is 415 g/mol. The van der Waals surface area contributed by atoms with Crippen molar-refractivity contribution in [2.24, 2.45) is 0 Å². The average Bonchev–Trinajstić information content (AvgIpc) is 3.29. The highest BCUT2D eigenvalue weighted by Gasteiger charge is 2.64. The van der Waals surface area contributed by atoms with Gasteiger partial charge in [-0.3, -0.25) is 9.78 Å². The summed E-state index contributed by atoms with van der Waals surface area (Å²) in [5, 5.41) is 13.6. The SMILES string of the molecule is C[N+]12CN1C=C2C(=O)N1CC(Oc2cc(-c3cccc(CO)c3)cc3ccncc23)C1. The molecular weight excluding hydrogens is 392 g/mol. The lowest BCUT2D eigenvalue weighted by Crippen LogP contribution is -2.58. The zero-order chi connectivity index (χ0) is 21.2. The number of likely N-dealkylation sites (tertiary alicyclic amines) is 1. The van der Waals surface area contributed by atoms with Crippen molar-refractivity contribution in [1.82, 2.24) is 14.9 Å². The van der Waals surface area contributed by atoms with Crippen molar-refractivity contribution < 1.29 is 19.2 Å². The molecule has 2 aromatic carbocycles. The maximum Gasteiger partial charge on any atom is 0.312 e. The highest BCUT2D eigenvalue weighted by Crippen LogP contribution is 2.44. The van der Waals surface area contributed by atoms with E-state index in [-0.39, 0.29) is 18.6 Å². The Balaban J connectivity index is 1.24. The van der Waals surface area contributed by atoms with Gasteiger partial charge in [0.1, 0.15) is 18.1 Å². The second-order valence-electron chi connectivity index (χ2n) is 8.61. The molecule has 0 aliphatic carbocycles. The van der Waals surface area contributed by atoms with Gasteiger partial charge >= 0.3 is 5.91 Å². The Bertz CT molecular complexity index is 1250. The van der Waals surface area contributed by atoms with E-state index < -0.39 is 0 Å². The maximum absolute atomic E-state index is 12.7. The van der Waals surface area contributed by atoms with E-state index in [1.807, 2.05) is 53.7 Å². The molecule has 7 heteroatoms. The molecule has 3 aromatic rings. The van der Waals surface area contributed by atoms with Gasteiger partial charge in [0.2, 0.25) is 12.4 Å². The maximum atomic E-state index is 12.7. The molecule has 3 aliphatic rings. The molecular formula is C24H23N4O3+. The molecule has 0 radical (unpaired) electrons. The molecule has 0 spiro atoms. The second-order valence-corrected chi connectivity index (χ2v) is 8.61. The van der Waals surface area contributed by atoms with E-state index in [1.54, 1.807) is 6.20 Å². The third-order valence-electron chi connectivity index (χ3n) is 6.50. The van der Waals surface area contributed by atoms with Gasteiger partial charge in [0.05, 0.1) is 26.7 Å². The lowest BCUT2D eigenvalue weighted by atomic mass is 9.99. The minimum atomic E-state index is -0.0392. The van der Waals surface area contributed by atoms with E-state index in [0.717, 1.165) is 45.6 Å². The van der Waals surface area contributed by atoms with Gasteiger partial charge in [-0.15, -0.1) is 0 Å². The first-order valence-electron chi connectivity index (χ1n) is 10.4. The van der Waals surface area contributed by atoms with Gasteiger partial charge in [-0.25, -0.2) is 0 Å². The summed E-state index contributed by atoms with van der Waals surface area (Å²) in [6, 6.07) is 14.0. The summed E-state index contributed by atoms with van der Waals surface area (Å²) in [6.45, 7) is 2.08. The number of amides is 1. The Kier molecular flexibility index (Phi) is 3.87. The van der Waals surface area contributed by atoms with Crippen molar-refractivity contribution in [3.05, 3.63) is 72.3 Å². The number of carbonyl (C=O) groups is 1. The fraction of sp³-hybridized carbons (Fsp3) is 0.250. The molecule has 0 saturated carbocycles. The Morgan fingerprint density at radius 3 is 2.84 bits per heavy atom. The van der Waals surface area contributed by atoms with Crippen molar-refractivity contribution in [3.63, 3.8) is 0 Å². The van der Waals surface area contributed by atoms with Crippen molar-refractivity contribution in [1.29, 1.82) is 0 Å². The first kappa shape index (κ1) is 18.4. The Labute approximate surface area is 179 Å². The fourth-order valence-corrected chi connectivity index (χ4v) is 4.41. The van der Waals surface area contributed by atoms with Crippen LogP contribution in [0, 0.1) is 0 Å². The summed E-state index contributed by atoms with van der Waals surface area (Å²) in [6.07, 6.45) is 5.50. The summed E-state index contributed by atoms with van der Waals surface area (Å²) in [7, 11) is 2.05. The van der Waals surface area contributed by atoms with E-state index in [1.165, 1.54) is 0 Å². The standard InChI is InChI=1S/C24H23N4O3/c1-28-15-27(28)13-22(28)24(30)26-11-20(12-26)31-23-9-19(8-18-5-6-25-10-21(18)23)17-4-2-3-16(7-17)14-29/h2-10,13,20,29H,11-12,14-15H2,1H3/q+1. The third kappa shape index (κ3) is 2.89. The number of fused-ring (bicyclic) bond motifs is 2. The van der Waals surface area contributed by atoms with Crippen molar-refractivity contribution in [2.75, 3.05) is 26.8 Å². The molecule has 1 unspecified atom stereocenters. The molecule has 2 saturated heterocycles. The number of pyridine rings is 1. The quantitative estimate of drug-likeness (QED) is 0.512. The highest BCUT2D eigenvalue weighted by molar-refractivity contribution is 5.93. The number of hydrogen-bond acceptors (Lipinski definition) is 5. The summed E-state index contributed by atoms with van der Waals surface area (Å²) in [5.41, 5.74) is 3.78. The molecule has 3 aliphatic heterocycles. The molecule has 4 heterocycles. The number of quaternary nitrogens is 1. The highest BCUT2D eigenvalue weighted by atomic mass is 16.5. The van der Waals surface area contributed by atoms with Crippen LogP contribution in [0.5, 0.6) is 5.75 Å². The van der Waals surface area contributed by atoms with Gasteiger partial charge in [-0.2, -0.15) is 9.60 Å². The van der Waals surface area contributed by atoms with E-state index in [4.69, 9.17) is 4.74 Å². The van der Waals surface area contributed by atoms with E-state index in [2.05, 4.69) is 23.1 Å². The fourth-order valence-electron chi connectivity index (χ4n) is 4.41. The smallest absolute Gasteiger partial charge is 0.312 e. The van der Waals surface area contributed by atoms with Crippen LogP contribution in [0.3, 0.4) is 0 Å². The molecule has 7 nitrogen and oxygen atoms in total. The summed E-state index contributed by atoms with van der Waals surface area (Å²) in [4.78, 5) is 18.8. The first-order valence-corrected chi connectivity index (χ1v) is 10.4. The van der Waals surface area contributed by atoms with Crippen LogP contribution in [0.2, 0.25) is 0 Å². The van der Waals surface area contributed by atoms with Crippen molar-refractivity contribution >= 4 is 16.7 Å². The number of benzene rings is 2. The number of ether oxygens (including phenoxy) is 1. The first-order chi connectivity index (χ1) is 15.0. The molecule has 6 rings (SSSR count). The summed E-state index contributed by atoms with van der Waals surface area (Å²) < 4.78 is 6.98. The van der Waals surface area contributed by atoms with E-state index in [9.17, 15) is 9.90 Å². The third-order valence-corrected chi connectivity index (χ3v) is 6.50. The molecule has 0 bridgehead atoms. The van der Waals surface area contributed by atoms with Crippen LogP contribution in [-0.2, 0) is 11.4 Å². The number of aliphatic hydroxyl groups excluding tert-OH is 1. The van der Waals surface area contributed by atoms with E-state index >= 15 is 0 Å². The molecule has 156 valence electrons. The Morgan fingerprint density at radius 1 is 1.23 bits per heavy atom. The predicted octanol–water partition coefficient (Wildman–Crippen LogP) is 2.47. The van der Waals surface area contributed by atoms with Gasteiger partial charge < -0.3 is 14.7 Å². The largest absolute Gasteiger partial charge is 0.486 e. The van der Waals surface area contributed by atoms with E-state index in [0.29, 0.717) is 17.7 Å². The molecule has 2 fully saturated rings. The molecule has 1 N–H and O–H groups in total. The zero-order valence-corrected chi connectivity index (χ0v) is 17.2. The number of likely N-dealkylation sites (N-methyl/N-ethyl adjacent to an activating group) is 1. The van der Waals surface area contributed by atoms with Crippen LogP contribution in [-0.4, -0.2) is 63.4 Å². The Morgan fingerprint density at radius 2 is 2.10 bits per heavy atom. The minimum absolute atomic E-state index is 0.00654. The van der Waals surface area contributed by atoms with Gasteiger partial charge in [0.15, 0.2) is 0 Å². The number of aromatic nitrogens is 1. The van der Waals surface area contributed by atoms with Gasteiger partial charge in [-0.1, -0.05) is 18.2 Å². The van der Waals surface area contributed by atoms with Gasteiger partial charge in [0.25, 0.3) is 0 Å². The van der Waals surface area contributed by atoms with Crippen LogP contribution < -0.4 is 4.74 Å². The van der Waals surface area contributed by atoms with Crippen LogP contribution in [0.15, 0.2) is 66.8 Å². The topological polar surface area (TPSA) is 65.7 Å². The second kappa shape index (κ2) is 6.54. The molecule has 1 atom stereocenters. The predicted molar refractivity (Wildman–Crippen MR) is 115 cm³/mol. The number of nitrogens with zero attached hydrogens (tertiary/aromatic N) is 4.